The van der Waals surface area contributed by atoms with Gasteiger partial charge in [-0.25, -0.2) is 9.97 Å². The van der Waals surface area contributed by atoms with E-state index >= 15 is 0 Å². The van der Waals surface area contributed by atoms with Gasteiger partial charge in [0.15, 0.2) is 5.82 Å². The Hall–Kier alpha value is -3.52. The van der Waals surface area contributed by atoms with E-state index < -0.39 is 5.41 Å². The van der Waals surface area contributed by atoms with E-state index in [4.69, 9.17) is 6.42 Å². The van der Waals surface area contributed by atoms with Gasteiger partial charge in [0.05, 0.1) is 5.41 Å². The average Bonchev–Trinajstić information content (AvgIpc) is 3.26. The molecule has 1 aliphatic carbocycles. The first-order valence-electron chi connectivity index (χ1n) is 9.34. The SMILES string of the molecule is C#Cc1ccc(C2(C(=O)Nc3ccnc(-c4ccccn4)n3)CCCC2)cc1. The van der Waals surface area contributed by atoms with Crippen molar-refractivity contribution in [2.75, 3.05) is 5.32 Å². The van der Waals surface area contributed by atoms with Crippen molar-refractivity contribution in [3.8, 4) is 23.9 Å². The molecule has 1 aromatic carbocycles. The van der Waals surface area contributed by atoms with Crippen LogP contribution in [0.2, 0.25) is 0 Å². The zero-order valence-corrected chi connectivity index (χ0v) is 15.4. The molecule has 0 atom stereocenters. The third kappa shape index (κ3) is 3.37. The Morgan fingerprint density at radius 2 is 1.79 bits per heavy atom. The molecule has 0 bridgehead atoms. The fraction of sp³-hybridized carbons (Fsp3) is 0.217. The number of terminal acetylenes is 1. The molecule has 1 N–H and O–H groups in total. The van der Waals surface area contributed by atoms with Gasteiger partial charge in [0.2, 0.25) is 5.91 Å². The predicted molar refractivity (Wildman–Crippen MR) is 108 cm³/mol. The molecule has 1 amide bonds. The molecular weight excluding hydrogens is 348 g/mol. The summed E-state index contributed by atoms with van der Waals surface area (Å²) in [5, 5.41) is 3.00. The van der Waals surface area contributed by atoms with Crippen molar-refractivity contribution in [1.29, 1.82) is 0 Å². The fourth-order valence-corrected chi connectivity index (χ4v) is 3.79. The van der Waals surface area contributed by atoms with Gasteiger partial charge in [-0.3, -0.25) is 9.78 Å². The summed E-state index contributed by atoms with van der Waals surface area (Å²) in [4.78, 5) is 26.3. The molecule has 2 heterocycles. The third-order valence-corrected chi connectivity index (χ3v) is 5.29. The van der Waals surface area contributed by atoms with Crippen molar-refractivity contribution in [1.82, 2.24) is 15.0 Å². The summed E-state index contributed by atoms with van der Waals surface area (Å²) < 4.78 is 0. The standard InChI is InChI=1S/C23H20N4O/c1-2-17-8-10-18(11-9-17)23(13-4-5-14-23)22(28)27-20-12-16-25-21(26-20)19-7-3-6-15-24-19/h1,3,6-12,15-16H,4-5,13-14H2,(H,25,26,27,28). The zero-order chi connectivity index (χ0) is 19.4. The maximum atomic E-state index is 13.3. The van der Waals surface area contributed by atoms with E-state index in [0.717, 1.165) is 36.8 Å². The van der Waals surface area contributed by atoms with Gasteiger partial charge in [-0.05, 0) is 48.7 Å². The monoisotopic (exact) mass is 368 g/mol. The number of benzene rings is 1. The number of hydrogen-bond donors (Lipinski definition) is 1. The number of aromatic nitrogens is 3. The molecular formula is C23H20N4O. The molecule has 1 saturated carbocycles. The lowest BCUT2D eigenvalue weighted by Crippen LogP contribution is -2.38. The van der Waals surface area contributed by atoms with Crippen molar-refractivity contribution in [2.24, 2.45) is 0 Å². The second-order valence-corrected chi connectivity index (χ2v) is 6.95. The van der Waals surface area contributed by atoms with Crippen LogP contribution >= 0.6 is 0 Å². The first-order chi connectivity index (χ1) is 13.7. The van der Waals surface area contributed by atoms with Crippen molar-refractivity contribution >= 4 is 11.7 Å². The van der Waals surface area contributed by atoms with E-state index in [-0.39, 0.29) is 5.91 Å². The third-order valence-electron chi connectivity index (χ3n) is 5.29. The Kier molecular flexibility index (Phi) is 4.86. The van der Waals surface area contributed by atoms with Crippen LogP contribution in [0, 0.1) is 12.3 Å². The largest absolute Gasteiger partial charge is 0.310 e. The quantitative estimate of drug-likeness (QED) is 0.708. The number of amides is 1. The Morgan fingerprint density at radius 1 is 1.00 bits per heavy atom. The molecule has 0 saturated heterocycles. The number of nitrogens with one attached hydrogen (secondary N) is 1. The molecule has 28 heavy (non-hydrogen) atoms. The summed E-state index contributed by atoms with van der Waals surface area (Å²) in [7, 11) is 0. The summed E-state index contributed by atoms with van der Waals surface area (Å²) in [5.41, 5.74) is 1.93. The second kappa shape index (κ2) is 7.61. The average molecular weight is 368 g/mol. The van der Waals surface area contributed by atoms with Crippen LogP contribution in [0.15, 0.2) is 60.9 Å². The lowest BCUT2D eigenvalue weighted by atomic mass is 9.77. The Morgan fingerprint density at radius 3 is 2.46 bits per heavy atom. The van der Waals surface area contributed by atoms with Gasteiger partial charge in [-0.15, -0.1) is 6.42 Å². The van der Waals surface area contributed by atoms with Crippen LogP contribution in [0.3, 0.4) is 0 Å². The summed E-state index contributed by atoms with van der Waals surface area (Å²) in [6, 6.07) is 15.0. The summed E-state index contributed by atoms with van der Waals surface area (Å²) in [5.74, 6) is 3.55. The smallest absolute Gasteiger partial charge is 0.236 e. The molecule has 2 aromatic heterocycles. The van der Waals surface area contributed by atoms with Crippen molar-refractivity contribution in [2.45, 2.75) is 31.1 Å². The molecule has 4 rings (SSSR count). The normalized spacial score (nSPS) is 15.0. The van der Waals surface area contributed by atoms with Crippen LogP contribution in [0.25, 0.3) is 11.5 Å². The number of carbonyl (C=O) groups is 1. The van der Waals surface area contributed by atoms with E-state index in [9.17, 15) is 4.79 Å². The highest BCUT2D eigenvalue weighted by Gasteiger charge is 2.42. The molecule has 5 heteroatoms. The van der Waals surface area contributed by atoms with Crippen LogP contribution in [0.4, 0.5) is 5.82 Å². The molecule has 1 aliphatic rings. The second-order valence-electron chi connectivity index (χ2n) is 6.95. The highest BCUT2D eigenvalue weighted by Crippen LogP contribution is 2.42. The van der Waals surface area contributed by atoms with Gasteiger partial charge >= 0.3 is 0 Å². The zero-order valence-electron chi connectivity index (χ0n) is 15.4. The molecule has 138 valence electrons. The molecule has 1 fully saturated rings. The molecule has 0 unspecified atom stereocenters. The highest BCUT2D eigenvalue weighted by atomic mass is 16.2. The molecule has 0 radical (unpaired) electrons. The van der Waals surface area contributed by atoms with Crippen LogP contribution < -0.4 is 5.32 Å². The maximum Gasteiger partial charge on any atom is 0.236 e. The molecule has 0 spiro atoms. The summed E-state index contributed by atoms with van der Waals surface area (Å²) >= 11 is 0. The van der Waals surface area contributed by atoms with Crippen molar-refractivity contribution in [3.05, 3.63) is 72.1 Å². The van der Waals surface area contributed by atoms with Gasteiger partial charge in [0, 0.05) is 18.0 Å². The first-order valence-corrected chi connectivity index (χ1v) is 9.34. The van der Waals surface area contributed by atoms with Crippen molar-refractivity contribution in [3.63, 3.8) is 0 Å². The Labute approximate surface area is 164 Å². The van der Waals surface area contributed by atoms with Crippen LogP contribution in [0.1, 0.15) is 36.8 Å². The van der Waals surface area contributed by atoms with E-state index in [2.05, 4.69) is 26.2 Å². The maximum absolute atomic E-state index is 13.3. The molecule has 0 aliphatic heterocycles. The molecule has 5 nitrogen and oxygen atoms in total. The number of rotatable bonds is 4. The van der Waals surface area contributed by atoms with Gasteiger partial charge in [-0.1, -0.05) is 37.0 Å². The fourth-order valence-electron chi connectivity index (χ4n) is 3.79. The molecule has 3 aromatic rings. The van der Waals surface area contributed by atoms with Crippen LogP contribution in [0.5, 0.6) is 0 Å². The number of pyridine rings is 1. The lowest BCUT2D eigenvalue weighted by Gasteiger charge is -2.28. The predicted octanol–water partition coefficient (Wildman–Crippen LogP) is 3.97. The Balaban J connectivity index is 1.61. The van der Waals surface area contributed by atoms with Crippen LogP contribution in [-0.4, -0.2) is 20.9 Å². The van der Waals surface area contributed by atoms with Gasteiger partial charge in [0.25, 0.3) is 0 Å². The van der Waals surface area contributed by atoms with E-state index in [0.29, 0.717) is 17.3 Å². The minimum Gasteiger partial charge on any atom is -0.310 e. The number of anilines is 1. The van der Waals surface area contributed by atoms with E-state index in [1.165, 1.54) is 0 Å². The van der Waals surface area contributed by atoms with Gasteiger partial charge in [-0.2, -0.15) is 0 Å². The topological polar surface area (TPSA) is 67.8 Å². The van der Waals surface area contributed by atoms with E-state index in [1.807, 2.05) is 42.5 Å². The summed E-state index contributed by atoms with van der Waals surface area (Å²) in [6.45, 7) is 0. The summed E-state index contributed by atoms with van der Waals surface area (Å²) in [6.07, 6.45) is 12.5. The Bertz CT molecular complexity index is 1020. The van der Waals surface area contributed by atoms with Gasteiger partial charge < -0.3 is 5.32 Å². The first kappa shape index (κ1) is 17.9. The van der Waals surface area contributed by atoms with Gasteiger partial charge in [0.1, 0.15) is 11.5 Å². The minimum absolute atomic E-state index is 0.0378. The minimum atomic E-state index is -0.552. The number of nitrogens with zero attached hydrogens (tertiary/aromatic N) is 3. The number of carbonyl (C=O) groups excluding carboxylic acids is 1. The van der Waals surface area contributed by atoms with Crippen molar-refractivity contribution < 1.29 is 4.79 Å². The lowest BCUT2D eigenvalue weighted by molar-refractivity contribution is -0.121. The number of hydrogen-bond acceptors (Lipinski definition) is 4. The van der Waals surface area contributed by atoms with E-state index in [1.54, 1.807) is 18.5 Å². The van der Waals surface area contributed by atoms with Crippen LogP contribution in [-0.2, 0) is 10.2 Å². The highest BCUT2D eigenvalue weighted by molar-refractivity contribution is 5.99.